The fraction of sp³-hybridized carbons (Fsp3) is 0.417. The maximum absolute atomic E-state index is 9.49. The molecule has 0 spiro atoms. The van der Waals surface area contributed by atoms with Crippen LogP contribution in [0.25, 0.3) is 6.08 Å². The fourth-order valence-corrected chi connectivity index (χ4v) is 2.22. The number of aromatic nitrogens is 1. The van der Waals surface area contributed by atoms with Crippen LogP contribution >= 0.6 is 11.3 Å². The summed E-state index contributed by atoms with van der Waals surface area (Å²) in [5, 5.41) is 12.6. The van der Waals surface area contributed by atoms with Crippen LogP contribution in [0.3, 0.4) is 0 Å². The van der Waals surface area contributed by atoms with Crippen LogP contribution in [0.1, 0.15) is 24.0 Å². The van der Waals surface area contributed by atoms with Crippen molar-refractivity contribution in [2.45, 2.75) is 32.5 Å². The summed E-state index contributed by atoms with van der Waals surface area (Å²) < 4.78 is 5.46. The van der Waals surface area contributed by atoms with Gasteiger partial charge in [0.25, 0.3) is 0 Å². The molecule has 86 valence electrons. The van der Waals surface area contributed by atoms with E-state index in [0.29, 0.717) is 6.42 Å². The first-order valence-electron chi connectivity index (χ1n) is 5.25. The number of nitrogens with zero attached hydrogens (tertiary/aromatic N) is 1. The van der Waals surface area contributed by atoms with Crippen molar-refractivity contribution in [3.05, 3.63) is 34.0 Å². The van der Waals surface area contributed by atoms with Gasteiger partial charge in [0.15, 0.2) is 0 Å². The third kappa shape index (κ3) is 2.71. The molecule has 0 bridgehead atoms. The second kappa shape index (κ2) is 4.80. The molecule has 0 aliphatic carbocycles. The molecule has 16 heavy (non-hydrogen) atoms. The minimum atomic E-state index is -0.403. The van der Waals surface area contributed by atoms with Crippen LogP contribution in [-0.4, -0.2) is 22.3 Å². The van der Waals surface area contributed by atoms with Gasteiger partial charge in [-0.3, -0.25) is 0 Å². The number of hydrogen-bond donors (Lipinski definition) is 1. The zero-order chi connectivity index (χ0) is 11.5. The Bertz CT molecular complexity index is 422. The van der Waals surface area contributed by atoms with E-state index in [-0.39, 0.29) is 6.10 Å². The number of rotatable bonds is 2. The molecule has 3 nitrogen and oxygen atoms in total. The van der Waals surface area contributed by atoms with E-state index in [1.807, 2.05) is 25.3 Å². The first kappa shape index (κ1) is 11.4. The molecule has 0 unspecified atom stereocenters. The highest BCUT2D eigenvalue weighted by Crippen LogP contribution is 2.21. The molecular weight excluding hydrogens is 222 g/mol. The molecule has 2 rings (SSSR count). The zero-order valence-corrected chi connectivity index (χ0v) is 10.2. The number of aliphatic hydroxyl groups excluding tert-OH is 1. The second-order valence-corrected chi connectivity index (χ2v) is 5.00. The highest BCUT2D eigenvalue weighted by molar-refractivity contribution is 7.09. The van der Waals surface area contributed by atoms with Gasteiger partial charge in [-0.15, -0.1) is 11.3 Å². The van der Waals surface area contributed by atoms with Crippen LogP contribution in [0.5, 0.6) is 0 Å². The van der Waals surface area contributed by atoms with E-state index >= 15 is 0 Å². The Kier molecular flexibility index (Phi) is 3.41. The average Bonchev–Trinajstić information content (AvgIpc) is 2.64. The minimum absolute atomic E-state index is 0.0398. The molecular formula is C12H15NO2S. The van der Waals surface area contributed by atoms with Crippen LogP contribution in [0.4, 0.5) is 0 Å². The quantitative estimate of drug-likeness (QED) is 0.859. The molecule has 1 aliphatic heterocycles. The van der Waals surface area contributed by atoms with E-state index in [0.717, 1.165) is 16.3 Å². The smallest absolute Gasteiger partial charge is 0.122 e. The molecule has 0 saturated carbocycles. The van der Waals surface area contributed by atoms with E-state index in [9.17, 15) is 5.11 Å². The van der Waals surface area contributed by atoms with Gasteiger partial charge < -0.3 is 9.84 Å². The number of hydrogen-bond acceptors (Lipinski definition) is 4. The lowest BCUT2D eigenvalue weighted by atomic mass is 10.0. The lowest BCUT2D eigenvalue weighted by molar-refractivity contribution is 0.0863. The van der Waals surface area contributed by atoms with Crippen LogP contribution in [0.15, 0.2) is 23.3 Å². The molecule has 1 aliphatic rings. The van der Waals surface area contributed by atoms with Gasteiger partial charge in [-0.05, 0) is 31.6 Å². The molecule has 0 radical (unpaired) electrons. The molecule has 1 aromatic heterocycles. The summed E-state index contributed by atoms with van der Waals surface area (Å²) in [4.78, 5) is 4.37. The number of aliphatic hydroxyl groups is 1. The largest absolute Gasteiger partial charge is 0.494 e. The van der Waals surface area contributed by atoms with E-state index in [1.54, 1.807) is 23.7 Å². The summed E-state index contributed by atoms with van der Waals surface area (Å²) in [6.45, 7) is 3.99. The molecule has 0 saturated heterocycles. The molecule has 1 aromatic rings. The van der Waals surface area contributed by atoms with Crippen molar-refractivity contribution >= 4 is 17.4 Å². The highest BCUT2D eigenvalue weighted by atomic mass is 32.1. The third-order valence-electron chi connectivity index (χ3n) is 2.52. The highest BCUT2D eigenvalue weighted by Gasteiger charge is 2.18. The van der Waals surface area contributed by atoms with Crippen molar-refractivity contribution in [3.63, 3.8) is 0 Å². The summed E-state index contributed by atoms with van der Waals surface area (Å²) in [6.07, 6.45) is 5.42. The van der Waals surface area contributed by atoms with Gasteiger partial charge in [0, 0.05) is 11.8 Å². The first-order valence-corrected chi connectivity index (χ1v) is 6.13. The Morgan fingerprint density at radius 1 is 1.69 bits per heavy atom. The molecule has 0 aromatic carbocycles. The molecule has 2 atom stereocenters. The second-order valence-electron chi connectivity index (χ2n) is 3.94. The van der Waals surface area contributed by atoms with Gasteiger partial charge in [0.05, 0.1) is 23.1 Å². The monoisotopic (exact) mass is 237 g/mol. The topological polar surface area (TPSA) is 42.4 Å². The maximum atomic E-state index is 9.49. The molecule has 0 fully saturated rings. The minimum Gasteiger partial charge on any atom is -0.494 e. The van der Waals surface area contributed by atoms with Gasteiger partial charge in [-0.1, -0.05) is 0 Å². The van der Waals surface area contributed by atoms with Gasteiger partial charge >= 0.3 is 0 Å². The van der Waals surface area contributed by atoms with Crippen LogP contribution in [0, 0.1) is 6.92 Å². The van der Waals surface area contributed by atoms with Gasteiger partial charge in [0.1, 0.15) is 6.10 Å². The molecule has 4 heteroatoms. The van der Waals surface area contributed by atoms with Gasteiger partial charge in [0.2, 0.25) is 0 Å². The lowest BCUT2D eigenvalue weighted by Crippen LogP contribution is -2.22. The molecule has 0 amide bonds. The van der Waals surface area contributed by atoms with Crippen molar-refractivity contribution < 1.29 is 9.84 Å². The Hall–Kier alpha value is -1.13. The Morgan fingerprint density at radius 3 is 3.12 bits per heavy atom. The SMILES string of the molecule is C/C(=C\c1csc(C)n1)[C@H]1C[C@@H](O)C=CO1. The third-order valence-corrected chi connectivity index (χ3v) is 3.31. The molecule has 2 heterocycles. The Balaban J connectivity index is 2.09. The first-order chi connectivity index (χ1) is 7.65. The summed E-state index contributed by atoms with van der Waals surface area (Å²) in [7, 11) is 0. The fourth-order valence-electron chi connectivity index (χ4n) is 1.65. The summed E-state index contributed by atoms with van der Waals surface area (Å²) in [5.74, 6) is 0. The predicted molar refractivity (Wildman–Crippen MR) is 65.1 cm³/mol. The standard InChI is InChI=1S/C12H15NO2S/c1-8(5-10-7-16-9(2)13-10)12-6-11(14)3-4-15-12/h3-5,7,11-12,14H,6H2,1-2H3/b8-5+/t11-,12+/m0/s1. The Labute approximate surface area is 99.1 Å². The van der Waals surface area contributed by atoms with Gasteiger partial charge in [-0.2, -0.15) is 0 Å². The number of aryl methyl sites for hydroxylation is 1. The maximum Gasteiger partial charge on any atom is 0.122 e. The van der Waals surface area contributed by atoms with E-state index in [2.05, 4.69) is 4.98 Å². The number of ether oxygens (including phenoxy) is 1. The van der Waals surface area contributed by atoms with Crippen LogP contribution < -0.4 is 0 Å². The summed E-state index contributed by atoms with van der Waals surface area (Å²) in [5.41, 5.74) is 2.06. The van der Waals surface area contributed by atoms with Crippen molar-refractivity contribution in [2.75, 3.05) is 0 Å². The van der Waals surface area contributed by atoms with E-state index in [4.69, 9.17) is 4.74 Å². The van der Waals surface area contributed by atoms with Crippen molar-refractivity contribution in [1.82, 2.24) is 4.98 Å². The summed E-state index contributed by atoms with van der Waals surface area (Å²) in [6, 6.07) is 0. The normalized spacial score (nSPS) is 25.6. The lowest BCUT2D eigenvalue weighted by Gasteiger charge is -2.23. The van der Waals surface area contributed by atoms with Crippen LogP contribution in [-0.2, 0) is 4.74 Å². The number of thiazole rings is 1. The van der Waals surface area contributed by atoms with E-state index < -0.39 is 6.10 Å². The van der Waals surface area contributed by atoms with Crippen molar-refractivity contribution in [3.8, 4) is 0 Å². The average molecular weight is 237 g/mol. The molecule has 1 N–H and O–H groups in total. The van der Waals surface area contributed by atoms with E-state index in [1.165, 1.54) is 0 Å². The van der Waals surface area contributed by atoms with Crippen LogP contribution in [0.2, 0.25) is 0 Å². The van der Waals surface area contributed by atoms with Crippen molar-refractivity contribution in [1.29, 1.82) is 0 Å². The zero-order valence-electron chi connectivity index (χ0n) is 9.38. The Morgan fingerprint density at radius 2 is 2.50 bits per heavy atom. The van der Waals surface area contributed by atoms with Gasteiger partial charge in [-0.25, -0.2) is 4.98 Å². The predicted octanol–water partition coefficient (Wildman–Crippen LogP) is 2.52. The summed E-state index contributed by atoms with van der Waals surface area (Å²) >= 11 is 1.63. The van der Waals surface area contributed by atoms with Crippen molar-refractivity contribution in [2.24, 2.45) is 0 Å².